The number of rotatable bonds is 11. The molecule has 0 fully saturated rings. The van der Waals surface area contributed by atoms with Gasteiger partial charge in [-0.2, -0.15) is 10.2 Å². The normalized spacial score (nSPS) is 17.1. The highest BCUT2D eigenvalue weighted by Gasteiger charge is 2.21. The van der Waals surface area contributed by atoms with Gasteiger partial charge in [-0.25, -0.2) is 9.97 Å². The van der Waals surface area contributed by atoms with Gasteiger partial charge in [0, 0.05) is 32.6 Å². The molecule has 0 aliphatic heterocycles. The van der Waals surface area contributed by atoms with Crippen molar-refractivity contribution < 1.29 is 9.47 Å². The van der Waals surface area contributed by atoms with Crippen LogP contribution in [0.3, 0.4) is 0 Å². The standard InChI is InChI=1S/C27H32N6O2S/c1-5-33(15-18(2)34-4)16-20-6-8-21(9-7-20)17-35-27-30-12-10-23(31-27)22(14-28)26-32-25-19(3)29-13-11-24(25)36-26/h6,8-13,18,20,22H,5,7,15-17H2,1-4H3. The number of aryl methyl sites for hydroxylation is 1. The highest BCUT2D eigenvalue weighted by Crippen LogP contribution is 2.31. The Morgan fingerprint density at radius 1 is 1.25 bits per heavy atom. The Bertz CT molecular complexity index is 1280. The zero-order chi connectivity index (χ0) is 25.5. The van der Waals surface area contributed by atoms with Crippen molar-refractivity contribution in [3.63, 3.8) is 0 Å². The quantitative estimate of drug-likeness (QED) is 0.371. The Morgan fingerprint density at radius 2 is 2.08 bits per heavy atom. The number of methoxy groups -OCH3 is 1. The van der Waals surface area contributed by atoms with Gasteiger partial charge >= 0.3 is 6.01 Å². The molecule has 0 aromatic carbocycles. The molecular formula is C27H32N6O2S. The van der Waals surface area contributed by atoms with Crippen LogP contribution in [-0.2, 0) is 4.74 Å². The number of fused-ring (bicyclic) bond motifs is 1. The van der Waals surface area contributed by atoms with E-state index in [9.17, 15) is 5.26 Å². The summed E-state index contributed by atoms with van der Waals surface area (Å²) in [7, 11) is 1.76. The molecule has 0 N–H and O–H groups in total. The largest absolute Gasteiger partial charge is 0.459 e. The van der Waals surface area contributed by atoms with Crippen molar-refractivity contribution >= 4 is 21.6 Å². The summed E-state index contributed by atoms with van der Waals surface area (Å²) in [5, 5.41) is 10.6. The van der Waals surface area contributed by atoms with Crippen molar-refractivity contribution in [2.75, 3.05) is 33.4 Å². The number of ether oxygens (including phenoxy) is 2. The Balaban J connectivity index is 1.36. The van der Waals surface area contributed by atoms with E-state index in [1.165, 1.54) is 11.3 Å². The lowest BCUT2D eigenvalue weighted by molar-refractivity contribution is 0.0753. The van der Waals surface area contributed by atoms with Crippen molar-refractivity contribution in [1.29, 1.82) is 5.26 Å². The smallest absolute Gasteiger partial charge is 0.316 e. The van der Waals surface area contributed by atoms with Gasteiger partial charge in [0.1, 0.15) is 23.0 Å². The number of hydrogen-bond donors (Lipinski definition) is 0. The molecule has 1 aliphatic rings. The van der Waals surface area contributed by atoms with Crippen LogP contribution in [0.2, 0.25) is 0 Å². The summed E-state index contributed by atoms with van der Waals surface area (Å²) in [4.78, 5) is 20.2. The van der Waals surface area contributed by atoms with E-state index in [1.807, 2.05) is 13.0 Å². The highest BCUT2D eigenvalue weighted by molar-refractivity contribution is 7.18. The van der Waals surface area contributed by atoms with Gasteiger partial charge in [-0.3, -0.25) is 4.98 Å². The van der Waals surface area contributed by atoms with Crippen LogP contribution in [0, 0.1) is 24.2 Å². The second-order valence-electron chi connectivity index (χ2n) is 8.94. The molecule has 4 rings (SSSR count). The third kappa shape index (κ3) is 6.32. The number of allylic oxidation sites excluding steroid dienone is 1. The van der Waals surface area contributed by atoms with E-state index in [-0.39, 0.29) is 12.1 Å². The molecule has 0 spiro atoms. The van der Waals surface area contributed by atoms with E-state index in [0.29, 0.717) is 23.2 Å². The molecule has 0 bridgehead atoms. The van der Waals surface area contributed by atoms with Crippen LogP contribution >= 0.6 is 11.3 Å². The summed E-state index contributed by atoms with van der Waals surface area (Å²) in [5.74, 6) is -0.120. The lowest BCUT2D eigenvalue weighted by Gasteiger charge is -2.27. The summed E-state index contributed by atoms with van der Waals surface area (Å²) < 4.78 is 12.3. The Labute approximate surface area is 216 Å². The lowest BCUT2D eigenvalue weighted by Crippen LogP contribution is -2.35. The zero-order valence-electron chi connectivity index (χ0n) is 21.2. The van der Waals surface area contributed by atoms with Gasteiger partial charge in [-0.05, 0) is 50.4 Å². The second kappa shape index (κ2) is 12.2. The van der Waals surface area contributed by atoms with E-state index in [0.717, 1.165) is 47.5 Å². The highest BCUT2D eigenvalue weighted by atomic mass is 32.1. The molecule has 1 aliphatic carbocycles. The Hall–Kier alpha value is -3.19. The fourth-order valence-electron chi connectivity index (χ4n) is 4.16. The van der Waals surface area contributed by atoms with Crippen LogP contribution < -0.4 is 4.74 Å². The number of nitrogens with zero attached hydrogens (tertiary/aromatic N) is 6. The SMILES string of the molecule is CCN(CC1C=CC(COc2nccc(C(C#N)c3nc4c(C)nccc4s3)n2)=CC1)CC(C)OC. The number of nitriles is 1. The summed E-state index contributed by atoms with van der Waals surface area (Å²) in [6.45, 7) is 9.53. The average Bonchev–Trinajstić information content (AvgIpc) is 3.33. The number of aromatic nitrogens is 4. The molecule has 3 aromatic heterocycles. The topological polar surface area (TPSA) is 97.1 Å². The molecular weight excluding hydrogens is 472 g/mol. The van der Waals surface area contributed by atoms with Crippen molar-refractivity contribution in [3.8, 4) is 12.1 Å². The van der Waals surface area contributed by atoms with Gasteiger partial charge in [-0.1, -0.05) is 25.2 Å². The molecule has 0 saturated heterocycles. The first-order valence-corrected chi connectivity index (χ1v) is 13.0. The molecule has 0 amide bonds. The first kappa shape index (κ1) is 25.9. The molecule has 0 saturated carbocycles. The first-order chi connectivity index (χ1) is 17.5. The number of likely N-dealkylation sites (N-methyl/N-ethyl adjacent to an activating group) is 1. The van der Waals surface area contributed by atoms with E-state index in [4.69, 9.17) is 9.47 Å². The van der Waals surface area contributed by atoms with Crippen LogP contribution in [0.4, 0.5) is 0 Å². The van der Waals surface area contributed by atoms with E-state index in [2.05, 4.69) is 63.0 Å². The summed E-state index contributed by atoms with van der Waals surface area (Å²) in [6.07, 6.45) is 11.2. The molecule has 3 atom stereocenters. The maximum Gasteiger partial charge on any atom is 0.316 e. The Kier molecular flexibility index (Phi) is 8.75. The van der Waals surface area contributed by atoms with Crippen LogP contribution in [-0.4, -0.2) is 64.3 Å². The summed E-state index contributed by atoms with van der Waals surface area (Å²) in [6, 6.07) is 6.26. The molecule has 3 unspecified atom stereocenters. The van der Waals surface area contributed by atoms with E-state index < -0.39 is 5.92 Å². The molecule has 8 nitrogen and oxygen atoms in total. The minimum Gasteiger partial charge on any atom is -0.459 e. The van der Waals surface area contributed by atoms with E-state index in [1.54, 1.807) is 25.6 Å². The maximum atomic E-state index is 9.89. The second-order valence-corrected chi connectivity index (χ2v) is 10.0. The summed E-state index contributed by atoms with van der Waals surface area (Å²) in [5.41, 5.74) is 3.35. The van der Waals surface area contributed by atoms with Crippen molar-refractivity contribution in [2.24, 2.45) is 5.92 Å². The predicted molar refractivity (Wildman–Crippen MR) is 141 cm³/mol. The van der Waals surface area contributed by atoms with Crippen LogP contribution in [0.5, 0.6) is 6.01 Å². The molecule has 3 heterocycles. The number of pyridine rings is 1. The third-order valence-corrected chi connectivity index (χ3v) is 7.41. The Morgan fingerprint density at radius 3 is 2.78 bits per heavy atom. The van der Waals surface area contributed by atoms with Crippen molar-refractivity contribution in [2.45, 2.75) is 39.2 Å². The van der Waals surface area contributed by atoms with Crippen LogP contribution in [0.15, 0.2) is 48.3 Å². The van der Waals surface area contributed by atoms with Gasteiger partial charge < -0.3 is 14.4 Å². The van der Waals surface area contributed by atoms with Crippen molar-refractivity contribution in [3.05, 3.63) is 64.7 Å². The van der Waals surface area contributed by atoms with Gasteiger partial charge in [-0.15, -0.1) is 11.3 Å². The van der Waals surface area contributed by atoms with Gasteiger partial charge in [0.25, 0.3) is 0 Å². The minimum atomic E-state index is -0.593. The number of hydrogen-bond acceptors (Lipinski definition) is 9. The fourth-order valence-corrected chi connectivity index (χ4v) is 5.23. The summed E-state index contributed by atoms with van der Waals surface area (Å²) >= 11 is 1.49. The van der Waals surface area contributed by atoms with E-state index >= 15 is 0 Å². The monoisotopic (exact) mass is 504 g/mol. The lowest BCUT2D eigenvalue weighted by atomic mass is 9.96. The first-order valence-electron chi connectivity index (χ1n) is 12.2. The molecule has 0 radical (unpaired) electrons. The molecule has 3 aromatic rings. The van der Waals surface area contributed by atoms with Gasteiger partial charge in [0.2, 0.25) is 0 Å². The van der Waals surface area contributed by atoms with Gasteiger partial charge in [0.05, 0.1) is 28.3 Å². The molecule has 188 valence electrons. The van der Waals surface area contributed by atoms with Crippen LogP contribution in [0.1, 0.15) is 42.6 Å². The van der Waals surface area contributed by atoms with Crippen LogP contribution in [0.25, 0.3) is 10.2 Å². The maximum absolute atomic E-state index is 9.89. The predicted octanol–water partition coefficient (Wildman–Crippen LogP) is 4.68. The molecule has 36 heavy (non-hydrogen) atoms. The van der Waals surface area contributed by atoms with Crippen molar-refractivity contribution in [1.82, 2.24) is 24.8 Å². The number of thiazole rings is 1. The average molecular weight is 505 g/mol. The molecule has 9 heteroatoms. The minimum absolute atomic E-state index is 0.226. The third-order valence-electron chi connectivity index (χ3n) is 6.32. The fraction of sp³-hybridized carbons (Fsp3) is 0.444. The zero-order valence-corrected chi connectivity index (χ0v) is 22.0. The van der Waals surface area contributed by atoms with Gasteiger partial charge in [0.15, 0.2) is 0 Å².